The number of rotatable bonds is 4. The molecule has 0 atom stereocenters. The Kier molecular flexibility index (Phi) is 3.74. The quantitative estimate of drug-likeness (QED) is 0.777. The average Bonchev–Trinajstić information content (AvgIpc) is 2.39. The third kappa shape index (κ3) is 4.34. The number of anilines is 1. The second kappa shape index (κ2) is 4.66. The summed E-state index contributed by atoms with van der Waals surface area (Å²) in [5, 5.41) is 4.11. The summed E-state index contributed by atoms with van der Waals surface area (Å²) in [7, 11) is 0. The highest BCUT2D eigenvalue weighted by atomic mass is 16.5. The minimum Gasteiger partial charge on any atom is -0.382 e. The molecule has 0 aromatic carbocycles. The van der Waals surface area contributed by atoms with Crippen LogP contribution in [0.1, 0.15) is 32.8 Å². The van der Waals surface area contributed by atoms with Crippen molar-refractivity contribution in [2.24, 2.45) is 5.41 Å². The maximum Gasteiger partial charge on any atom is 0.148 e. The van der Waals surface area contributed by atoms with Gasteiger partial charge in [-0.1, -0.05) is 20.8 Å². The molecule has 0 unspecified atom stereocenters. The molecule has 86 valence electrons. The molecule has 1 heterocycles. The van der Waals surface area contributed by atoms with Crippen molar-refractivity contribution in [1.82, 2.24) is 9.78 Å². The molecule has 1 aromatic heterocycles. The largest absolute Gasteiger partial charge is 0.382 e. The Bertz CT molecular complexity index is 293. The van der Waals surface area contributed by atoms with Crippen LogP contribution >= 0.6 is 0 Å². The third-order valence-corrected chi connectivity index (χ3v) is 2.20. The lowest BCUT2D eigenvalue weighted by Gasteiger charge is -2.17. The van der Waals surface area contributed by atoms with Crippen LogP contribution in [0.3, 0.4) is 0 Å². The van der Waals surface area contributed by atoms with Crippen LogP contribution in [-0.4, -0.2) is 16.4 Å². The van der Waals surface area contributed by atoms with Crippen molar-refractivity contribution in [3.63, 3.8) is 0 Å². The Labute approximate surface area is 91.4 Å². The van der Waals surface area contributed by atoms with E-state index in [9.17, 15) is 0 Å². The normalized spacial score (nSPS) is 12.0. The Hall–Kier alpha value is -1.03. The third-order valence-electron chi connectivity index (χ3n) is 2.20. The van der Waals surface area contributed by atoms with Gasteiger partial charge in [0, 0.05) is 18.4 Å². The van der Waals surface area contributed by atoms with Crippen LogP contribution < -0.4 is 5.73 Å². The molecule has 0 spiro atoms. The second-order valence-electron chi connectivity index (χ2n) is 5.08. The molecule has 2 N–H and O–H groups in total. The lowest BCUT2D eigenvalue weighted by atomic mass is 9.93. The first-order valence-electron chi connectivity index (χ1n) is 5.26. The van der Waals surface area contributed by atoms with E-state index in [1.54, 1.807) is 4.68 Å². The molecule has 0 saturated carbocycles. The summed E-state index contributed by atoms with van der Waals surface area (Å²) in [5.41, 5.74) is 6.94. The van der Waals surface area contributed by atoms with Gasteiger partial charge in [-0.3, -0.25) is 0 Å². The topological polar surface area (TPSA) is 53.1 Å². The monoisotopic (exact) mass is 211 g/mol. The van der Waals surface area contributed by atoms with E-state index in [2.05, 4.69) is 25.9 Å². The van der Waals surface area contributed by atoms with Gasteiger partial charge in [0.1, 0.15) is 12.5 Å². The first-order valence-corrected chi connectivity index (χ1v) is 5.26. The van der Waals surface area contributed by atoms with Crippen LogP contribution in [0, 0.1) is 12.3 Å². The van der Waals surface area contributed by atoms with Gasteiger partial charge < -0.3 is 10.5 Å². The SMILES string of the molecule is Cc1cn(COCCC(C)(C)C)nc1N. The summed E-state index contributed by atoms with van der Waals surface area (Å²) < 4.78 is 7.24. The zero-order valence-electron chi connectivity index (χ0n) is 10.1. The zero-order valence-corrected chi connectivity index (χ0v) is 10.1. The number of aryl methyl sites for hydroxylation is 1. The minimum absolute atomic E-state index is 0.319. The van der Waals surface area contributed by atoms with Gasteiger partial charge in [0.15, 0.2) is 0 Å². The number of hydrogen-bond donors (Lipinski definition) is 1. The van der Waals surface area contributed by atoms with Gasteiger partial charge >= 0.3 is 0 Å². The van der Waals surface area contributed by atoms with E-state index in [1.165, 1.54) is 0 Å². The van der Waals surface area contributed by atoms with Crippen LogP contribution in [0.5, 0.6) is 0 Å². The molecule has 1 aromatic rings. The van der Waals surface area contributed by atoms with Gasteiger partial charge in [-0.2, -0.15) is 5.10 Å². The summed E-state index contributed by atoms with van der Waals surface area (Å²) in [4.78, 5) is 0. The fourth-order valence-electron chi connectivity index (χ4n) is 1.14. The summed E-state index contributed by atoms with van der Waals surface area (Å²) >= 11 is 0. The highest BCUT2D eigenvalue weighted by Gasteiger charge is 2.09. The molecule has 15 heavy (non-hydrogen) atoms. The van der Waals surface area contributed by atoms with Crippen molar-refractivity contribution >= 4 is 5.82 Å². The molecular formula is C11H21N3O. The number of aromatic nitrogens is 2. The van der Waals surface area contributed by atoms with Crippen LogP contribution in [-0.2, 0) is 11.5 Å². The molecule has 0 aliphatic heterocycles. The Morgan fingerprint density at radius 2 is 2.13 bits per heavy atom. The van der Waals surface area contributed by atoms with Gasteiger partial charge in [0.25, 0.3) is 0 Å². The fourth-order valence-corrected chi connectivity index (χ4v) is 1.14. The van der Waals surface area contributed by atoms with Gasteiger partial charge in [-0.15, -0.1) is 0 Å². The van der Waals surface area contributed by atoms with Gasteiger partial charge in [-0.25, -0.2) is 4.68 Å². The highest BCUT2D eigenvalue weighted by molar-refractivity contribution is 5.35. The Morgan fingerprint density at radius 1 is 1.47 bits per heavy atom. The molecule has 0 amide bonds. The van der Waals surface area contributed by atoms with Crippen LogP contribution in [0.15, 0.2) is 6.20 Å². The number of nitrogens with zero attached hydrogens (tertiary/aromatic N) is 2. The second-order valence-corrected chi connectivity index (χ2v) is 5.08. The van der Waals surface area contributed by atoms with Crippen LogP contribution in [0.4, 0.5) is 5.82 Å². The summed E-state index contributed by atoms with van der Waals surface area (Å²) in [5.74, 6) is 0.578. The maximum absolute atomic E-state index is 5.63. The molecule has 1 rings (SSSR count). The number of nitrogens with two attached hydrogens (primary N) is 1. The van der Waals surface area contributed by atoms with Gasteiger partial charge in [-0.05, 0) is 18.8 Å². The molecular weight excluding hydrogens is 190 g/mol. The summed E-state index contributed by atoms with van der Waals surface area (Å²) in [6.45, 7) is 9.77. The van der Waals surface area contributed by atoms with Crippen molar-refractivity contribution in [2.75, 3.05) is 12.3 Å². The minimum atomic E-state index is 0.319. The first kappa shape index (κ1) is 12.0. The molecule has 4 heteroatoms. The average molecular weight is 211 g/mol. The molecule has 0 fully saturated rings. The Balaban J connectivity index is 2.26. The van der Waals surface area contributed by atoms with Crippen LogP contribution in [0.25, 0.3) is 0 Å². The highest BCUT2D eigenvalue weighted by Crippen LogP contribution is 2.18. The van der Waals surface area contributed by atoms with Crippen LogP contribution in [0.2, 0.25) is 0 Å². The molecule has 0 radical (unpaired) electrons. The van der Waals surface area contributed by atoms with Crippen molar-refractivity contribution in [2.45, 2.75) is 40.8 Å². The van der Waals surface area contributed by atoms with Gasteiger partial charge in [0.05, 0.1) is 0 Å². The summed E-state index contributed by atoms with van der Waals surface area (Å²) in [6, 6.07) is 0. The first-order chi connectivity index (χ1) is 6.88. The standard InChI is InChI=1S/C11H21N3O/c1-9-7-14(13-10(9)12)8-15-6-5-11(2,3)4/h7H,5-6,8H2,1-4H3,(H2,12,13). The van der Waals surface area contributed by atoms with Gasteiger partial charge in [0.2, 0.25) is 0 Å². The maximum atomic E-state index is 5.63. The predicted molar refractivity (Wildman–Crippen MR) is 61.4 cm³/mol. The molecule has 0 aliphatic carbocycles. The van der Waals surface area contributed by atoms with E-state index in [-0.39, 0.29) is 0 Å². The lowest BCUT2D eigenvalue weighted by Crippen LogP contribution is -2.11. The number of nitrogen functional groups attached to an aromatic ring is 1. The van der Waals surface area contributed by atoms with E-state index in [4.69, 9.17) is 10.5 Å². The smallest absolute Gasteiger partial charge is 0.148 e. The molecule has 0 bridgehead atoms. The zero-order chi connectivity index (χ0) is 11.5. The van der Waals surface area contributed by atoms with Crippen molar-refractivity contribution in [3.05, 3.63) is 11.8 Å². The van der Waals surface area contributed by atoms with Crippen molar-refractivity contribution in [3.8, 4) is 0 Å². The van der Waals surface area contributed by atoms with E-state index in [0.717, 1.165) is 18.6 Å². The van der Waals surface area contributed by atoms with E-state index >= 15 is 0 Å². The van der Waals surface area contributed by atoms with E-state index < -0.39 is 0 Å². The number of ether oxygens (including phenoxy) is 1. The molecule has 0 saturated heterocycles. The lowest BCUT2D eigenvalue weighted by molar-refractivity contribution is 0.0519. The summed E-state index contributed by atoms with van der Waals surface area (Å²) in [6.07, 6.45) is 2.94. The van der Waals surface area contributed by atoms with Crippen molar-refractivity contribution < 1.29 is 4.74 Å². The fraction of sp³-hybridized carbons (Fsp3) is 0.727. The molecule has 0 aliphatic rings. The Morgan fingerprint density at radius 3 is 2.60 bits per heavy atom. The van der Waals surface area contributed by atoms with Crippen molar-refractivity contribution in [1.29, 1.82) is 0 Å². The molecule has 4 nitrogen and oxygen atoms in total. The number of hydrogen-bond acceptors (Lipinski definition) is 3. The van der Waals surface area contributed by atoms with E-state index in [0.29, 0.717) is 18.0 Å². The van der Waals surface area contributed by atoms with E-state index in [1.807, 2.05) is 13.1 Å². The predicted octanol–water partition coefficient (Wildman–Crippen LogP) is 2.18.